The fourth-order valence-electron chi connectivity index (χ4n) is 1.75. The highest BCUT2D eigenvalue weighted by Gasteiger charge is 2.12. The van der Waals surface area contributed by atoms with Gasteiger partial charge < -0.3 is 11.1 Å². The topological polar surface area (TPSA) is 50.9 Å². The maximum absolute atomic E-state index is 5.89. The Balaban J connectivity index is 2.85. The molecular formula is C12H21N3. The average Bonchev–Trinajstić information content (AvgIpc) is 2.24. The number of hydrogen-bond donors (Lipinski definition) is 2. The van der Waals surface area contributed by atoms with Gasteiger partial charge in [-0.1, -0.05) is 19.8 Å². The molecule has 1 heterocycles. The molecule has 0 saturated heterocycles. The molecule has 0 amide bonds. The Hall–Kier alpha value is -1.09. The summed E-state index contributed by atoms with van der Waals surface area (Å²) in [4.78, 5) is 4.19. The monoisotopic (exact) mass is 207 g/mol. The van der Waals surface area contributed by atoms with Crippen molar-refractivity contribution in [2.24, 2.45) is 0 Å². The van der Waals surface area contributed by atoms with Gasteiger partial charge in [-0.15, -0.1) is 0 Å². The molecule has 0 fully saturated rings. The summed E-state index contributed by atoms with van der Waals surface area (Å²) < 4.78 is 0. The van der Waals surface area contributed by atoms with Gasteiger partial charge in [-0.2, -0.15) is 0 Å². The number of unbranched alkanes of at least 4 members (excludes halogenated alkanes) is 1. The molecule has 0 saturated carbocycles. The van der Waals surface area contributed by atoms with Gasteiger partial charge in [-0.3, -0.25) is 0 Å². The zero-order valence-corrected chi connectivity index (χ0v) is 9.88. The van der Waals surface area contributed by atoms with E-state index in [1.165, 1.54) is 12.8 Å². The Bertz CT molecular complexity index is 310. The van der Waals surface area contributed by atoms with Crippen molar-refractivity contribution in [1.82, 2.24) is 10.3 Å². The summed E-state index contributed by atoms with van der Waals surface area (Å²) in [6.07, 6.45) is 5.34. The fraction of sp³-hybridized carbons (Fsp3) is 0.583. The van der Waals surface area contributed by atoms with E-state index < -0.39 is 0 Å². The summed E-state index contributed by atoms with van der Waals surface area (Å²) in [5.74, 6) is 0.649. The zero-order valence-electron chi connectivity index (χ0n) is 9.88. The quantitative estimate of drug-likeness (QED) is 0.779. The van der Waals surface area contributed by atoms with E-state index in [9.17, 15) is 0 Å². The lowest BCUT2D eigenvalue weighted by atomic mass is 10.0. The summed E-state index contributed by atoms with van der Waals surface area (Å²) in [6.45, 7) is 4.24. The van der Waals surface area contributed by atoms with Crippen molar-refractivity contribution in [3.05, 3.63) is 23.4 Å². The molecule has 0 aromatic carbocycles. The molecule has 0 spiro atoms. The molecule has 0 aliphatic heterocycles. The molecule has 1 rings (SSSR count). The summed E-state index contributed by atoms with van der Waals surface area (Å²) >= 11 is 0. The first-order chi connectivity index (χ1) is 7.19. The predicted octanol–water partition coefficient (Wildman–Crippen LogP) is 2.42. The lowest BCUT2D eigenvalue weighted by molar-refractivity contribution is 0.523. The summed E-state index contributed by atoms with van der Waals surface area (Å²) in [7, 11) is 1.97. The maximum atomic E-state index is 5.89. The number of nitrogen functional groups attached to an aromatic ring is 1. The Morgan fingerprint density at radius 2 is 2.27 bits per heavy atom. The number of hydrogen-bond acceptors (Lipinski definition) is 3. The molecule has 1 aromatic heterocycles. The minimum absolute atomic E-state index is 0.331. The molecule has 0 aliphatic rings. The zero-order chi connectivity index (χ0) is 11.3. The second-order valence-electron chi connectivity index (χ2n) is 3.97. The highest BCUT2D eigenvalue weighted by molar-refractivity contribution is 5.42. The Morgan fingerprint density at radius 3 is 2.87 bits per heavy atom. The normalized spacial score (nSPS) is 12.7. The molecular weight excluding hydrogens is 186 g/mol. The molecule has 84 valence electrons. The largest absolute Gasteiger partial charge is 0.383 e. The van der Waals surface area contributed by atoms with Gasteiger partial charge in [0, 0.05) is 17.8 Å². The van der Waals surface area contributed by atoms with Gasteiger partial charge in [0.1, 0.15) is 5.82 Å². The van der Waals surface area contributed by atoms with Crippen LogP contribution in [0.2, 0.25) is 0 Å². The highest BCUT2D eigenvalue weighted by atomic mass is 14.9. The van der Waals surface area contributed by atoms with Crippen LogP contribution in [0.1, 0.15) is 43.4 Å². The minimum atomic E-state index is 0.331. The van der Waals surface area contributed by atoms with Crippen molar-refractivity contribution in [1.29, 1.82) is 0 Å². The van der Waals surface area contributed by atoms with Crippen LogP contribution < -0.4 is 11.1 Å². The predicted molar refractivity (Wildman–Crippen MR) is 64.7 cm³/mol. The number of anilines is 1. The molecule has 1 atom stereocenters. The van der Waals surface area contributed by atoms with Crippen molar-refractivity contribution in [2.45, 2.75) is 39.2 Å². The lowest BCUT2D eigenvalue weighted by Gasteiger charge is -2.18. The van der Waals surface area contributed by atoms with Gasteiger partial charge in [0.25, 0.3) is 0 Å². The number of nitrogens with zero attached hydrogens (tertiary/aromatic N) is 1. The smallest absolute Gasteiger partial charge is 0.128 e. The molecule has 0 aliphatic carbocycles. The van der Waals surface area contributed by atoms with Crippen molar-refractivity contribution in [2.75, 3.05) is 12.8 Å². The molecule has 0 radical (unpaired) electrons. The van der Waals surface area contributed by atoms with Crippen LogP contribution in [0.25, 0.3) is 0 Å². The van der Waals surface area contributed by atoms with E-state index in [4.69, 9.17) is 5.73 Å². The number of aryl methyl sites for hydroxylation is 1. The molecule has 3 nitrogen and oxygen atoms in total. The van der Waals surface area contributed by atoms with Crippen LogP contribution in [0.5, 0.6) is 0 Å². The standard InChI is InChI=1S/C12H21N3/c1-4-5-6-11(14-3)10-7-9(2)8-15-12(10)13/h7-8,11,14H,4-6H2,1-3H3,(H2,13,15). The molecule has 3 N–H and O–H groups in total. The molecule has 15 heavy (non-hydrogen) atoms. The van der Waals surface area contributed by atoms with E-state index in [1.54, 1.807) is 0 Å². The third-order valence-electron chi connectivity index (χ3n) is 2.66. The van der Waals surface area contributed by atoms with Gasteiger partial charge >= 0.3 is 0 Å². The van der Waals surface area contributed by atoms with Crippen LogP contribution in [-0.4, -0.2) is 12.0 Å². The minimum Gasteiger partial charge on any atom is -0.383 e. The van der Waals surface area contributed by atoms with Crippen LogP contribution >= 0.6 is 0 Å². The van der Waals surface area contributed by atoms with Crippen LogP contribution in [0.4, 0.5) is 5.82 Å². The fourth-order valence-corrected chi connectivity index (χ4v) is 1.75. The van der Waals surface area contributed by atoms with E-state index in [-0.39, 0.29) is 0 Å². The van der Waals surface area contributed by atoms with E-state index in [2.05, 4.69) is 23.3 Å². The van der Waals surface area contributed by atoms with E-state index in [0.717, 1.165) is 17.5 Å². The second-order valence-corrected chi connectivity index (χ2v) is 3.97. The number of nitrogens with two attached hydrogens (primary N) is 1. The number of rotatable bonds is 5. The van der Waals surface area contributed by atoms with E-state index in [1.807, 2.05) is 20.2 Å². The number of nitrogens with one attached hydrogen (secondary N) is 1. The third-order valence-corrected chi connectivity index (χ3v) is 2.66. The van der Waals surface area contributed by atoms with Crippen LogP contribution in [-0.2, 0) is 0 Å². The Labute approximate surface area is 92.1 Å². The average molecular weight is 207 g/mol. The lowest BCUT2D eigenvalue weighted by Crippen LogP contribution is -2.18. The molecule has 1 aromatic rings. The summed E-state index contributed by atoms with van der Waals surface area (Å²) in [6, 6.07) is 2.46. The first-order valence-corrected chi connectivity index (χ1v) is 5.58. The molecule has 1 unspecified atom stereocenters. The Morgan fingerprint density at radius 1 is 1.53 bits per heavy atom. The Kier molecular flexibility index (Phi) is 4.56. The first kappa shape index (κ1) is 12.0. The number of pyridine rings is 1. The van der Waals surface area contributed by atoms with Gasteiger partial charge in [0.15, 0.2) is 0 Å². The molecule has 0 bridgehead atoms. The summed E-state index contributed by atoms with van der Waals surface area (Å²) in [5, 5.41) is 3.30. The number of aromatic nitrogens is 1. The van der Waals surface area contributed by atoms with Crippen molar-refractivity contribution in [3.63, 3.8) is 0 Å². The van der Waals surface area contributed by atoms with Gasteiger partial charge in [0.2, 0.25) is 0 Å². The van der Waals surface area contributed by atoms with Crippen molar-refractivity contribution in [3.8, 4) is 0 Å². The van der Waals surface area contributed by atoms with Crippen LogP contribution in [0, 0.1) is 6.92 Å². The van der Waals surface area contributed by atoms with Gasteiger partial charge in [0.05, 0.1) is 0 Å². The van der Waals surface area contributed by atoms with Crippen LogP contribution in [0.3, 0.4) is 0 Å². The van der Waals surface area contributed by atoms with Crippen LogP contribution in [0.15, 0.2) is 12.3 Å². The summed E-state index contributed by atoms with van der Waals surface area (Å²) in [5.41, 5.74) is 8.18. The first-order valence-electron chi connectivity index (χ1n) is 5.58. The van der Waals surface area contributed by atoms with Crippen molar-refractivity contribution >= 4 is 5.82 Å². The second kappa shape index (κ2) is 5.71. The van der Waals surface area contributed by atoms with E-state index >= 15 is 0 Å². The third kappa shape index (κ3) is 3.20. The SMILES string of the molecule is CCCCC(NC)c1cc(C)cnc1N. The highest BCUT2D eigenvalue weighted by Crippen LogP contribution is 2.23. The van der Waals surface area contributed by atoms with Crippen molar-refractivity contribution < 1.29 is 0 Å². The van der Waals surface area contributed by atoms with Gasteiger partial charge in [-0.05, 0) is 32.0 Å². The van der Waals surface area contributed by atoms with Gasteiger partial charge in [-0.25, -0.2) is 4.98 Å². The molecule has 3 heteroatoms. The maximum Gasteiger partial charge on any atom is 0.128 e. The van der Waals surface area contributed by atoms with E-state index in [0.29, 0.717) is 11.9 Å².